The Morgan fingerprint density at radius 3 is 2.89 bits per heavy atom. The van der Waals surface area contributed by atoms with Crippen LogP contribution in [0, 0.1) is 0 Å². The summed E-state index contributed by atoms with van der Waals surface area (Å²) in [4.78, 5) is 4.56. The first-order valence-electron chi connectivity index (χ1n) is 6.32. The van der Waals surface area contributed by atoms with Crippen molar-refractivity contribution in [2.45, 2.75) is 18.6 Å². The van der Waals surface area contributed by atoms with Gasteiger partial charge in [-0.05, 0) is 17.9 Å². The highest BCUT2D eigenvalue weighted by Crippen LogP contribution is 2.28. The van der Waals surface area contributed by atoms with Crippen LogP contribution in [0.3, 0.4) is 0 Å². The van der Waals surface area contributed by atoms with Gasteiger partial charge in [-0.15, -0.1) is 0 Å². The van der Waals surface area contributed by atoms with Crippen molar-refractivity contribution in [2.75, 3.05) is 11.9 Å². The molecule has 1 N–H and O–H groups in total. The van der Waals surface area contributed by atoms with Gasteiger partial charge in [0.05, 0.1) is 6.54 Å². The zero-order valence-corrected chi connectivity index (χ0v) is 11.2. The summed E-state index contributed by atoms with van der Waals surface area (Å²) >= 11 is 1.85. The van der Waals surface area contributed by atoms with Crippen LogP contribution in [0.25, 0.3) is 10.8 Å². The minimum absolute atomic E-state index is 0.641. The third-order valence-electron chi connectivity index (χ3n) is 3.20. The Kier molecular flexibility index (Phi) is 3.24. The first-order valence-corrected chi connectivity index (χ1v) is 7.20. The number of thioether (sulfide) groups is 1. The fraction of sp³-hybridized carbons (Fsp3) is 0.267. The molecule has 0 amide bonds. The minimum Gasteiger partial charge on any atom is -0.334 e. The predicted octanol–water partition coefficient (Wildman–Crippen LogP) is 4.13. The van der Waals surface area contributed by atoms with Gasteiger partial charge >= 0.3 is 0 Å². The quantitative estimate of drug-likeness (QED) is 0.873. The van der Waals surface area contributed by atoms with Crippen LogP contribution in [0.15, 0.2) is 47.5 Å². The average molecular weight is 256 g/mol. The Hall–Kier alpha value is -1.48. The smallest absolute Gasteiger partial charge is 0.161 e. The second-order valence-electron chi connectivity index (χ2n) is 4.45. The third-order valence-corrected chi connectivity index (χ3v) is 4.47. The van der Waals surface area contributed by atoms with Crippen molar-refractivity contribution < 1.29 is 0 Å². The lowest BCUT2D eigenvalue weighted by molar-refractivity contribution is 0.844. The Balaban J connectivity index is 1.87. The van der Waals surface area contributed by atoms with Crippen molar-refractivity contribution in [3.8, 4) is 0 Å². The van der Waals surface area contributed by atoms with E-state index in [0.29, 0.717) is 5.25 Å². The van der Waals surface area contributed by atoms with E-state index in [1.165, 1.54) is 17.2 Å². The summed E-state index contributed by atoms with van der Waals surface area (Å²) in [6, 6.07) is 14.8. The molecular weight excluding hydrogens is 240 g/mol. The Labute approximate surface area is 112 Å². The van der Waals surface area contributed by atoms with Gasteiger partial charge in [-0.3, -0.25) is 4.99 Å². The number of nitrogens with zero attached hydrogens (tertiary/aromatic N) is 1. The summed E-state index contributed by atoms with van der Waals surface area (Å²) in [7, 11) is 0. The van der Waals surface area contributed by atoms with Gasteiger partial charge in [0.1, 0.15) is 0 Å². The SMILES string of the molecule is CCC1CN=C(Nc2cccc3ccccc23)S1. The fourth-order valence-corrected chi connectivity index (χ4v) is 3.10. The third kappa shape index (κ3) is 2.23. The topological polar surface area (TPSA) is 24.4 Å². The van der Waals surface area contributed by atoms with Gasteiger partial charge in [-0.2, -0.15) is 0 Å². The lowest BCUT2D eigenvalue weighted by Gasteiger charge is -2.09. The van der Waals surface area contributed by atoms with Crippen LogP contribution in [0.2, 0.25) is 0 Å². The number of amidine groups is 1. The highest BCUT2D eigenvalue weighted by Gasteiger charge is 2.17. The molecule has 2 aromatic rings. The van der Waals surface area contributed by atoms with Crippen LogP contribution in [-0.4, -0.2) is 17.0 Å². The predicted molar refractivity (Wildman–Crippen MR) is 81.5 cm³/mol. The number of aliphatic imine (C=N–C) groups is 1. The van der Waals surface area contributed by atoms with Gasteiger partial charge in [0.2, 0.25) is 0 Å². The molecule has 1 aliphatic heterocycles. The fourth-order valence-electron chi connectivity index (χ4n) is 2.15. The zero-order valence-electron chi connectivity index (χ0n) is 10.4. The van der Waals surface area contributed by atoms with E-state index in [2.05, 4.69) is 59.7 Å². The van der Waals surface area contributed by atoms with E-state index in [1.54, 1.807) is 0 Å². The maximum absolute atomic E-state index is 4.56. The summed E-state index contributed by atoms with van der Waals surface area (Å²) in [6.45, 7) is 3.16. The molecule has 0 fully saturated rings. The summed E-state index contributed by atoms with van der Waals surface area (Å²) in [6.07, 6.45) is 1.18. The first kappa shape index (κ1) is 11.6. The van der Waals surface area contributed by atoms with Gasteiger partial charge in [-0.1, -0.05) is 55.1 Å². The van der Waals surface area contributed by atoms with Crippen molar-refractivity contribution in [2.24, 2.45) is 4.99 Å². The van der Waals surface area contributed by atoms with E-state index in [-0.39, 0.29) is 0 Å². The highest BCUT2D eigenvalue weighted by atomic mass is 32.2. The molecule has 0 bridgehead atoms. The molecule has 0 saturated heterocycles. The van der Waals surface area contributed by atoms with Gasteiger partial charge in [-0.25, -0.2) is 0 Å². The molecule has 3 rings (SSSR count). The van der Waals surface area contributed by atoms with Gasteiger partial charge in [0.15, 0.2) is 5.17 Å². The van der Waals surface area contributed by atoms with Crippen LogP contribution < -0.4 is 5.32 Å². The molecule has 2 nitrogen and oxygen atoms in total. The number of rotatable bonds is 2. The standard InChI is InChI=1S/C15H16N2S/c1-2-12-10-16-15(18-12)17-14-9-5-7-11-6-3-4-8-13(11)14/h3-9,12H,2,10H2,1H3,(H,16,17). The van der Waals surface area contributed by atoms with Gasteiger partial charge in [0.25, 0.3) is 0 Å². The van der Waals surface area contributed by atoms with Crippen LogP contribution in [-0.2, 0) is 0 Å². The molecule has 1 aliphatic rings. The maximum Gasteiger partial charge on any atom is 0.161 e. The zero-order chi connectivity index (χ0) is 12.4. The molecule has 0 aliphatic carbocycles. The number of benzene rings is 2. The van der Waals surface area contributed by atoms with E-state index in [4.69, 9.17) is 0 Å². The van der Waals surface area contributed by atoms with Crippen LogP contribution in [0.5, 0.6) is 0 Å². The maximum atomic E-state index is 4.56. The molecule has 92 valence electrons. The van der Waals surface area contributed by atoms with E-state index in [0.717, 1.165) is 17.4 Å². The largest absolute Gasteiger partial charge is 0.334 e. The van der Waals surface area contributed by atoms with E-state index in [9.17, 15) is 0 Å². The highest BCUT2D eigenvalue weighted by molar-refractivity contribution is 8.15. The molecule has 0 aromatic heterocycles. The van der Waals surface area contributed by atoms with E-state index >= 15 is 0 Å². The second-order valence-corrected chi connectivity index (χ2v) is 5.73. The molecule has 18 heavy (non-hydrogen) atoms. The molecule has 0 saturated carbocycles. The summed E-state index contributed by atoms with van der Waals surface area (Å²) in [5.41, 5.74) is 1.15. The van der Waals surface area contributed by atoms with E-state index in [1.807, 2.05) is 11.8 Å². The minimum atomic E-state index is 0.641. The number of hydrogen-bond acceptors (Lipinski definition) is 3. The first-order chi connectivity index (χ1) is 8.86. The van der Waals surface area contributed by atoms with Crippen molar-refractivity contribution in [1.82, 2.24) is 0 Å². The Morgan fingerprint density at radius 2 is 2.06 bits per heavy atom. The van der Waals surface area contributed by atoms with Crippen molar-refractivity contribution in [3.05, 3.63) is 42.5 Å². The lowest BCUT2D eigenvalue weighted by Crippen LogP contribution is -2.07. The van der Waals surface area contributed by atoms with Crippen molar-refractivity contribution >= 4 is 33.4 Å². The second kappa shape index (κ2) is 5.02. The average Bonchev–Trinajstić information content (AvgIpc) is 2.87. The number of fused-ring (bicyclic) bond motifs is 1. The summed E-state index contributed by atoms with van der Waals surface area (Å²) in [5.74, 6) is 0. The van der Waals surface area contributed by atoms with E-state index < -0.39 is 0 Å². The molecule has 0 radical (unpaired) electrons. The molecule has 1 atom stereocenters. The van der Waals surface area contributed by atoms with Gasteiger partial charge in [0, 0.05) is 16.3 Å². The molecule has 3 heteroatoms. The Bertz CT molecular complexity index is 587. The normalized spacial score (nSPS) is 18.9. The van der Waals surface area contributed by atoms with Crippen LogP contribution >= 0.6 is 11.8 Å². The number of hydrogen-bond donors (Lipinski definition) is 1. The molecule has 1 heterocycles. The lowest BCUT2D eigenvalue weighted by atomic mass is 10.1. The van der Waals surface area contributed by atoms with Crippen LogP contribution in [0.1, 0.15) is 13.3 Å². The Morgan fingerprint density at radius 1 is 1.22 bits per heavy atom. The monoisotopic (exact) mass is 256 g/mol. The van der Waals surface area contributed by atoms with Crippen molar-refractivity contribution in [1.29, 1.82) is 0 Å². The molecule has 2 aromatic carbocycles. The summed E-state index contributed by atoms with van der Waals surface area (Å²) in [5, 5.41) is 7.67. The molecular formula is C15H16N2S. The molecule has 1 unspecified atom stereocenters. The van der Waals surface area contributed by atoms with Crippen molar-refractivity contribution in [3.63, 3.8) is 0 Å². The van der Waals surface area contributed by atoms with Crippen LogP contribution in [0.4, 0.5) is 5.69 Å². The number of nitrogens with one attached hydrogen (secondary N) is 1. The van der Waals surface area contributed by atoms with Gasteiger partial charge < -0.3 is 5.32 Å². The summed E-state index contributed by atoms with van der Waals surface area (Å²) < 4.78 is 0. The molecule has 0 spiro atoms. The number of anilines is 1.